The van der Waals surface area contributed by atoms with Gasteiger partial charge in [0.1, 0.15) is 0 Å². The highest BCUT2D eigenvalue weighted by molar-refractivity contribution is 6.36. The van der Waals surface area contributed by atoms with Gasteiger partial charge in [-0.05, 0) is 49.2 Å². The van der Waals surface area contributed by atoms with Gasteiger partial charge in [-0.1, -0.05) is 59.9 Å². The summed E-state index contributed by atoms with van der Waals surface area (Å²) in [5, 5.41) is 5.57. The van der Waals surface area contributed by atoms with E-state index in [0.29, 0.717) is 10.0 Å². The Morgan fingerprint density at radius 2 is 1.67 bits per heavy atom. The maximum atomic E-state index is 6.37. The molecule has 4 heteroatoms. The molecule has 0 saturated heterocycles. The third-order valence-electron chi connectivity index (χ3n) is 3.42. The molecule has 0 aliphatic rings. The normalized spacial score (nSPS) is 12.4. The smallest absolute Gasteiger partial charge is 0.0606 e. The summed E-state index contributed by atoms with van der Waals surface area (Å²) in [7, 11) is 0. The van der Waals surface area contributed by atoms with Gasteiger partial charge in [-0.25, -0.2) is 0 Å². The SMILES string of the molecule is CCCNC(c1ccc(C)c(Cl)c1)c1c(Cl)cccc1Cl. The van der Waals surface area contributed by atoms with Gasteiger partial charge in [-0.15, -0.1) is 0 Å². The van der Waals surface area contributed by atoms with Crippen LogP contribution in [-0.4, -0.2) is 6.54 Å². The lowest BCUT2D eigenvalue weighted by molar-refractivity contribution is 0.599. The van der Waals surface area contributed by atoms with E-state index in [1.165, 1.54) is 0 Å². The Kier molecular flexibility index (Phi) is 5.95. The zero-order chi connectivity index (χ0) is 15.4. The van der Waals surface area contributed by atoms with Crippen LogP contribution in [-0.2, 0) is 0 Å². The zero-order valence-corrected chi connectivity index (χ0v) is 14.4. The number of aryl methyl sites for hydroxylation is 1. The summed E-state index contributed by atoms with van der Waals surface area (Å²) in [6, 6.07) is 11.6. The number of hydrogen-bond donors (Lipinski definition) is 1. The summed E-state index contributed by atoms with van der Waals surface area (Å²) in [5.41, 5.74) is 3.02. The van der Waals surface area contributed by atoms with E-state index in [-0.39, 0.29) is 6.04 Å². The third kappa shape index (κ3) is 3.92. The molecule has 0 aromatic heterocycles. The molecule has 1 atom stereocenters. The summed E-state index contributed by atoms with van der Waals surface area (Å²) in [6.45, 7) is 4.99. The average Bonchev–Trinajstić information content (AvgIpc) is 2.45. The Morgan fingerprint density at radius 3 is 2.24 bits per heavy atom. The van der Waals surface area contributed by atoms with Crippen molar-refractivity contribution in [2.45, 2.75) is 26.3 Å². The molecule has 2 aromatic carbocycles. The minimum Gasteiger partial charge on any atom is -0.306 e. The number of rotatable bonds is 5. The van der Waals surface area contributed by atoms with E-state index >= 15 is 0 Å². The number of halogens is 3. The molecule has 1 N–H and O–H groups in total. The van der Waals surface area contributed by atoms with Crippen LogP contribution in [0.2, 0.25) is 15.1 Å². The van der Waals surface area contributed by atoms with Crippen molar-refractivity contribution in [1.82, 2.24) is 5.32 Å². The molecule has 0 amide bonds. The number of benzene rings is 2. The van der Waals surface area contributed by atoms with E-state index in [9.17, 15) is 0 Å². The fourth-order valence-electron chi connectivity index (χ4n) is 2.25. The van der Waals surface area contributed by atoms with E-state index in [4.69, 9.17) is 34.8 Å². The Hall–Kier alpha value is -0.730. The molecule has 1 unspecified atom stereocenters. The predicted octanol–water partition coefficient (Wildman–Crippen LogP) is 6.04. The molecule has 0 fully saturated rings. The Labute approximate surface area is 141 Å². The first-order valence-electron chi connectivity index (χ1n) is 6.98. The number of hydrogen-bond acceptors (Lipinski definition) is 1. The zero-order valence-electron chi connectivity index (χ0n) is 12.1. The highest BCUT2D eigenvalue weighted by atomic mass is 35.5. The minimum absolute atomic E-state index is 0.0655. The Morgan fingerprint density at radius 1 is 1.00 bits per heavy atom. The topological polar surface area (TPSA) is 12.0 Å². The quantitative estimate of drug-likeness (QED) is 0.698. The van der Waals surface area contributed by atoms with Gasteiger partial charge >= 0.3 is 0 Å². The molecule has 0 aliphatic carbocycles. The lowest BCUT2D eigenvalue weighted by atomic mass is 9.97. The van der Waals surface area contributed by atoms with E-state index < -0.39 is 0 Å². The van der Waals surface area contributed by atoms with Gasteiger partial charge in [-0.3, -0.25) is 0 Å². The van der Waals surface area contributed by atoms with Crippen molar-refractivity contribution in [1.29, 1.82) is 0 Å². The maximum Gasteiger partial charge on any atom is 0.0606 e. The highest BCUT2D eigenvalue weighted by Crippen LogP contribution is 2.35. The third-order valence-corrected chi connectivity index (χ3v) is 4.48. The van der Waals surface area contributed by atoms with Crippen molar-refractivity contribution in [2.24, 2.45) is 0 Å². The van der Waals surface area contributed by atoms with Crippen molar-refractivity contribution in [3.63, 3.8) is 0 Å². The Bertz CT molecular complexity index is 605. The van der Waals surface area contributed by atoms with Crippen molar-refractivity contribution in [2.75, 3.05) is 6.54 Å². The van der Waals surface area contributed by atoms with Crippen LogP contribution in [0.3, 0.4) is 0 Å². The van der Waals surface area contributed by atoms with Crippen molar-refractivity contribution < 1.29 is 0 Å². The monoisotopic (exact) mass is 341 g/mol. The fourth-order valence-corrected chi connectivity index (χ4v) is 3.06. The van der Waals surface area contributed by atoms with Gasteiger partial charge in [0.05, 0.1) is 6.04 Å². The first-order chi connectivity index (χ1) is 10.0. The van der Waals surface area contributed by atoms with Crippen LogP contribution in [0.15, 0.2) is 36.4 Å². The second kappa shape index (κ2) is 7.51. The summed E-state index contributed by atoms with van der Waals surface area (Å²) in [5.74, 6) is 0. The van der Waals surface area contributed by atoms with E-state index in [2.05, 4.69) is 18.3 Å². The Balaban J connectivity index is 2.49. The van der Waals surface area contributed by atoms with Crippen LogP contribution in [0, 0.1) is 6.92 Å². The standard InChI is InChI=1S/C17H18Cl3N/c1-3-9-21-17(12-8-7-11(2)15(20)10-12)16-13(18)5-4-6-14(16)19/h4-8,10,17,21H,3,9H2,1-2H3. The van der Waals surface area contributed by atoms with E-state index in [1.807, 2.05) is 37.3 Å². The molecule has 0 saturated carbocycles. The second-order valence-corrected chi connectivity index (χ2v) is 6.25. The van der Waals surface area contributed by atoms with Gasteiger partial charge in [0.25, 0.3) is 0 Å². The molecule has 21 heavy (non-hydrogen) atoms. The number of nitrogens with one attached hydrogen (secondary N) is 1. The van der Waals surface area contributed by atoms with E-state index in [1.54, 1.807) is 0 Å². The van der Waals surface area contributed by atoms with Crippen molar-refractivity contribution in [3.05, 3.63) is 68.2 Å². The summed E-state index contributed by atoms with van der Waals surface area (Å²) < 4.78 is 0. The molecule has 0 radical (unpaired) electrons. The molecule has 0 heterocycles. The van der Waals surface area contributed by atoms with Crippen LogP contribution in [0.4, 0.5) is 0 Å². The molecule has 2 aromatic rings. The molecule has 0 bridgehead atoms. The molecular weight excluding hydrogens is 325 g/mol. The van der Waals surface area contributed by atoms with Crippen LogP contribution in [0.25, 0.3) is 0 Å². The lowest BCUT2D eigenvalue weighted by Crippen LogP contribution is -2.24. The van der Waals surface area contributed by atoms with Crippen molar-refractivity contribution in [3.8, 4) is 0 Å². The highest BCUT2D eigenvalue weighted by Gasteiger charge is 2.20. The predicted molar refractivity (Wildman–Crippen MR) is 92.8 cm³/mol. The fraction of sp³-hybridized carbons (Fsp3) is 0.294. The molecule has 0 aliphatic heterocycles. The first kappa shape index (κ1) is 16.6. The van der Waals surface area contributed by atoms with Crippen LogP contribution in [0.1, 0.15) is 36.1 Å². The maximum absolute atomic E-state index is 6.37. The molecule has 112 valence electrons. The molecular formula is C17H18Cl3N. The largest absolute Gasteiger partial charge is 0.306 e. The summed E-state index contributed by atoms with van der Waals surface area (Å²) >= 11 is 19.0. The first-order valence-corrected chi connectivity index (χ1v) is 8.11. The lowest BCUT2D eigenvalue weighted by Gasteiger charge is -2.22. The van der Waals surface area contributed by atoms with Crippen LogP contribution >= 0.6 is 34.8 Å². The minimum atomic E-state index is -0.0655. The molecule has 0 spiro atoms. The second-order valence-electron chi connectivity index (χ2n) is 5.03. The van der Waals surface area contributed by atoms with E-state index in [0.717, 1.165) is 34.7 Å². The van der Waals surface area contributed by atoms with Crippen LogP contribution < -0.4 is 5.32 Å². The van der Waals surface area contributed by atoms with Gasteiger partial charge in [0.2, 0.25) is 0 Å². The van der Waals surface area contributed by atoms with Crippen LogP contribution in [0.5, 0.6) is 0 Å². The van der Waals surface area contributed by atoms with Gasteiger partial charge in [0, 0.05) is 20.6 Å². The molecule has 2 rings (SSSR count). The van der Waals surface area contributed by atoms with Gasteiger partial charge in [-0.2, -0.15) is 0 Å². The van der Waals surface area contributed by atoms with Crippen molar-refractivity contribution >= 4 is 34.8 Å². The summed E-state index contributed by atoms with van der Waals surface area (Å²) in [4.78, 5) is 0. The van der Waals surface area contributed by atoms with Gasteiger partial charge in [0.15, 0.2) is 0 Å². The van der Waals surface area contributed by atoms with Gasteiger partial charge < -0.3 is 5.32 Å². The summed E-state index contributed by atoms with van der Waals surface area (Å²) in [6.07, 6.45) is 1.03. The molecule has 1 nitrogen and oxygen atoms in total. The average molecular weight is 343 g/mol.